The van der Waals surface area contributed by atoms with Gasteiger partial charge in [-0.15, -0.1) is 0 Å². The number of Topliss-reactive ketones (excluding diaryl/α,β-unsaturated/α-hetero) is 1. The number of hydrogen-bond acceptors (Lipinski definition) is 5. The lowest BCUT2D eigenvalue weighted by atomic mass is 9.97. The first kappa shape index (κ1) is 18.8. The summed E-state index contributed by atoms with van der Waals surface area (Å²) < 4.78 is 5.20. The van der Waals surface area contributed by atoms with Crippen molar-refractivity contribution in [3.8, 4) is 0 Å². The zero-order chi connectivity index (χ0) is 18.4. The van der Waals surface area contributed by atoms with Crippen LogP contribution in [0.2, 0.25) is 0 Å². The van der Waals surface area contributed by atoms with Crippen LogP contribution < -0.4 is 5.32 Å². The molecule has 1 aromatic heterocycles. The number of carbonyl (C=O) groups excluding carboxylic acids is 2. The van der Waals surface area contributed by atoms with Crippen molar-refractivity contribution in [3.05, 3.63) is 47.1 Å². The van der Waals surface area contributed by atoms with Crippen molar-refractivity contribution in [1.82, 2.24) is 15.5 Å². The molecule has 1 aromatic carbocycles. The Bertz CT molecular complexity index is 727. The van der Waals surface area contributed by atoms with Crippen molar-refractivity contribution in [1.29, 1.82) is 0 Å². The summed E-state index contributed by atoms with van der Waals surface area (Å²) in [6, 6.07) is 7.37. The van der Waals surface area contributed by atoms with E-state index in [0.717, 1.165) is 5.56 Å². The average Bonchev–Trinajstić information content (AvgIpc) is 3.02. The molecule has 6 nitrogen and oxygen atoms in total. The second-order valence-corrected chi connectivity index (χ2v) is 7.15. The molecule has 0 aliphatic rings. The predicted octanol–water partition coefficient (Wildman–Crippen LogP) is 3.00. The van der Waals surface area contributed by atoms with Gasteiger partial charge in [0.05, 0.1) is 0 Å². The van der Waals surface area contributed by atoms with Gasteiger partial charge in [0.1, 0.15) is 0 Å². The van der Waals surface area contributed by atoms with E-state index in [-0.39, 0.29) is 29.9 Å². The smallest absolute Gasteiger partial charge is 0.232 e. The van der Waals surface area contributed by atoms with Crippen molar-refractivity contribution < 1.29 is 14.1 Å². The van der Waals surface area contributed by atoms with E-state index in [1.54, 1.807) is 12.1 Å². The fourth-order valence-corrected chi connectivity index (χ4v) is 2.17. The summed E-state index contributed by atoms with van der Waals surface area (Å²) in [6.45, 7) is 8.38. The van der Waals surface area contributed by atoms with Gasteiger partial charge in [0.15, 0.2) is 11.6 Å². The molecular weight excluding hydrogens is 318 g/mol. The molecular formula is C19H25N3O3. The van der Waals surface area contributed by atoms with Crippen molar-refractivity contribution in [2.75, 3.05) is 6.54 Å². The highest BCUT2D eigenvalue weighted by atomic mass is 16.5. The molecule has 1 heterocycles. The molecule has 2 rings (SSSR count). The monoisotopic (exact) mass is 343 g/mol. The van der Waals surface area contributed by atoms with Crippen LogP contribution in [0.4, 0.5) is 0 Å². The van der Waals surface area contributed by atoms with Crippen LogP contribution in [-0.2, 0) is 16.6 Å². The minimum atomic E-state index is -0.190. The van der Waals surface area contributed by atoms with Gasteiger partial charge in [0.2, 0.25) is 11.8 Å². The van der Waals surface area contributed by atoms with E-state index in [2.05, 4.69) is 15.5 Å². The highest BCUT2D eigenvalue weighted by Gasteiger charge is 2.21. The van der Waals surface area contributed by atoms with Crippen molar-refractivity contribution in [2.45, 2.75) is 52.4 Å². The van der Waals surface area contributed by atoms with Crippen LogP contribution in [0.1, 0.15) is 61.2 Å². The van der Waals surface area contributed by atoms with Crippen LogP contribution in [0.5, 0.6) is 0 Å². The van der Waals surface area contributed by atoms with Gasteiger partial charge < -0.3 is 9.84 Å². The minimum absolute atomic E-state index is 0.0249. The standard InChI is InChI=1S/C19H25N3O3/c1-13-5-7-14(8-6-13)15(23)9-10-17(24)20-12-11-16-21-18(25-22-16)19(2,3)4/h5-8H,9-12H2,1-4H3,(H,20,24). The summed E-state index contributed by atoms with van der Waals surface area (Å²) in [5.74, 6) is 0.974. The Hall–Kier alpha value is -2.50. The molecule has 0 atom stereocenters. The maximum Gasteiger partial charge on any atom is 0.232 e. The molecule has 0 spiro atoms. The van der Waals surface area contributed by atoms with E-state index >= 15 is 0 Å². The van der Waals surface area contributed by atoms with Gasteiger partial charge in [-0.05, 0) is 6.92 Å². The average molecular weight is 343 g/mol. The van der Waals surface area contributed by atoms with Crippen LogP contribution in [0, 0.1) is 6.92 Å². The molecule has 2 aromatic rings. The number of aryl methyl sites for hydroxylation is 1. The summed E-state index contributed by atoms with van der Waals surface area (Å²) >= 11 is 0. The van der Waals surface area contributed by atoms with Gasteiger partial charge >= 0.3 is 0 Å². The molecule has 0 bridgehead atoms. The largest absolute Gasteiger partial charge is 0.356 e. The first-order valence-electron chi connectivity index (χ1n) is 8.45. The van der Waals surface area contributed by atoms with E-state index in [1.807, 2.05) is 39.8 Å². The van der Waals surface area contributed by atoms with Gasteiger partial charge in [0.25, 0.3) is 0 Å². The van der Waals surface area contributed by atoms with Crippen molar-refractivity contribution >= 4 is 11.7 Å². The minimum Gasteiger partial charge on any atom is -0.356 e. The normalized spacial score (nSPS) is 11.4. The zero-order valence-electron chi connectivity index (χ0n) is 15.3. The van der Waals surface area contributed by atoms with Gasteiger partial charge in [-0.1, -0.05) is 55.8 Å². The molecule has 0 saturated carbocycles. The maximum absolute atomic E-state index is 12.0. The molecule has 0 saturated heterocycles. The Morgan fingerprint density at radius 3 is 2.40 bits per heavy atom. The van der Waals surface area contributed by atoms with E-state index < -0.39 is 0 Å². The van der Waals surface area contributed by atoms with E-state index in [1.165, 1.54) is 0 Å². The second kappa shape index (κ2) is 8.05. The number of rotatable bonds is 7. The number of carbonyl (C=O) groups is 2. The summed E-state index contributed by atoms with van der Waals surface area (Å²) in [5, 5.41) is 6.69. The number of benzene rings is 1. The first-order valence-corrected chi connectivity index (χ1v) is 8.45. The lowest BCUT2D eigenvalue weighted by molar-refractivity contribution is -0.121. The molecule has 0 aliphatic carbocycles. The molecule has 134 valence electrons. The fourth-order valence-electron chi connectivity index (χ4n) is 2.17. The SMILES string of the molecule is Cc1ccc(C(=O)CCC(=O)NCCc2noc(C(C)(C)C)n2)cc1. The van der Waals surface area contributed by atoms with Crippen LogP contribution in [0.3, 0.4) is 0 Å². The fraction of sp³-hybridized carbons (Fsp3) is 0.474. The summed E-state index contributed by atoms with van der Waals surface area (Å²) in [6.07, 6.45) is 0.870. The van der Waals surface area contributed by atoms with Crippen LogP contribution in [0.15, 0.2) is 28.8 Å². The van der Waals surface area contributed by atoms with E-state index in [0.29, 0.717) is 30.2 Å². The highest BCUT2D eigenvalue weighted by molar-refractivity contribution is 5.97. The Morgan fingerprint density at radius 1 is 1.12 bits per heavy atom. The van der Waals surface area contributed by atoms with E-state index in [4.69, 9.17) is 4.52 Å². The Labute approximate surface area is 148 Å². The molecule has 0 radical (unpaired) electrons. The highest BCUT2D eigenvalue weighted by Crippen LogP contribution is 2.19. The quantitative estimate of drug-likeness (QED) is 0.781. The van der Waals surface area contributed by atoms with Gasteiger partial charge in [-0.2, -0.15) is 4.98 Å². The number of nitrogens with one attached hydrogen (secondary N) is 1. The van der Waals surface area contributed by atoms with Crippen LogP contribution >= 0.6 is 0 Å². The molecule has 0 aliphatic heterocycles. The first-order chi connectivity index (χ1) is 11.8. The molecule has 1 N–H and O–H groups in total. The molecule has 0 fully saturated rings. The molecule has 25 heavy (non-hydrogen) atoms. The van der Waals surface area contributed by atoms with E-state index in [9.17, 15) is 9.59 Å². The Morgan fingerprint density at radius 2 is 1.80 bits per heavy atom. The van der Waals surface area contributed by atoms with Crippen molar-refractivity contribution in [3.63, 3.8) is 0 Å². The van der Waals surface area contributed by atoms with Gasteiger partial charge in [-0.3, -0.25) is 9.59 Å². The lowest BCUT2D eigenvalue weighted by Gasteiger charge is -2.10. The zero-order valence-corrected chi connectivity index (χ0v) is 15.3. The summed E-state index contributed by atoms with van der Waals surface area (Å²) in [4.78, 5) is 28.2. The Kier molecular flexibility index (Phi) is 6.07. The third-order valence-electron chi connectivity index (χ3n) is 3.73. The number of aromatic nitrogens is 2. The number of nitrogens with zero attached hydrogens (tertiary/aromatic N) is 2. The van der Waals surface area contributed by atoms with Crippen LogP contribution in [-0.4, -0.2) is 28.4 Å². The number of ketones is 1. The molecule has 0 unspecified atom stereocenters. The maximum atomic E-state index is 12.0. The number of amides is 1. The predicted molar refractivity (Wildman–Crippen MR) is 94.5 cm³/mol. The molecule has 1 amide bonds. The van der Waals surface area contributed by atoms with Crippen LogP contribution in [0.25, 0.3) is 0 Å². The van der Waals surface area contributed by atoms with Crippen molar-refractivity contribution in [2.24, 2.45) is 0 Å². The number of hydrogen-bond donors (Lipinski definition) is 1. The molecule has 6 heteroatoms. The third kappa shape index (κ3) is 5.81. The van der Waals surface area contributed by atoms with Gasteiger partial charge in [-0.25, -0.2) is 0 Å². The topological polar surface area (TPSA) is 85.1 Å². The summed E-state index contributed by atoms with van der Waals surface area (Å²) in [5.41, 5.74) is 1.55. The van der Waals surface area contributed by atoms with Gasteiger partial charge in [0, 0.05) is 36.8 Å². The third-order valence-corrected chi connectivity index (χ3v) is 3.73. The lowest BCUT2D eigenvalue weighted by Crippen LogP contribution is -2.26. The second-order valence-electron chi connectivity index (χ2n) is 7.15. The summed E-state index contributed by atoms with van der Waals surface area (Å²) in [7, 11) is 0. The Balaban J connectivity index is 1.71.